The van der Waals surface area contributed by atoms with Gasteiger partial charge in [-0.2, -0.15) is 0 Å². The summed E-state index contributed by atoms with van der Waals surface area (Å²) in [4.78, 5) is 0. The van der Waals surface area contributed by atoms with Gasteiger partial charge < -0.3 is 15.2 Å². The van der Waals surface area contributed by atoms with Crippen LogP contribution in [0.5, 0.6) is 17.2 Å². The second-order valence-electron chi connectivity index (χ2n) is 5.00. The van der Waals surface area contributed by atoms with Crippen molar-refractivity contribution in [3.8, 4) is 17.2 Å². The maximum atomic E-state index is 5.92. The molecule has 1 atom stereocenters. The van der Waals surface area contributed by atoms with Gasteiger partial charge in [0.05, 0.1) is 0 Å². The highest BCUT2D eigenvalue weighted by Gasteiger charge is 2.21. The van der Waals surface area contributed by atoms with E-state index < -0.39 is 0 Å². The number of rotatable bonds is 6. The zero-order valence-electron chi connectivity index (χ0n) is 12.0. The molecule has 2 N–H and O–H groups in total. The average molecular weight is 271 g/mol. The first kappa shape index (κ1) is 14.4. The van der Waals surface area contributed by atoms with Crippen molar-refractivity contribution >= 4 is 0 Å². The molecule has 2 rings (SSSR count). The van der Waals surface area contributed by atoms with Crippen molar-refractivity contribution < 1.29 is 9.47 Å². The highest BCUT2D eigenvalue weighted by molar-refractivity contribution is 5.35. The van der Waals surface area contributed by atoms with Gasteiger partial charge >= 0.3 is 0 Å². The van der Waals surface area contributed by atoms with Gasteiger partial charge in [0.25, 0.3) is 0 Å². The first-order valence-electron chi connectivity index (χ1n) is 6.87. The van der Waals surface area contributed by atoms with Crippen LogP contribution in [0.3, 0.4) is 0 Å². The number of nitrogens with two attached hydrogens (primary N) is 1. The molecular formula is C17H21NO2. The minimum Gasteiger partial charge on any atom is -0.486 e. The summed E-state index contributed by atoms with van der Waals surface area (Å²) in [6.45, 7) is 4.58. The molecule has 0 aromatic heterocycles. The molecule has 0 saturated heterocycles. The topological polar surface area (TPSA) is 44.5 Å². The summed E-state index contributed by atoms with van der Waals surface area (Å²) in [6.07, 6.45) is 0.867. The zero-order chi connectivity index (χ0) is 14.4. The van der Waals surface area contributed by atoms with E-state index in [-0.39, 0.29) is 5.60 Å². The molecule has 0 aliphatic carbocycles. The Morgan fingerprint density at radius 1 is 0.900 bits per heavy atom. The number of hydrogen-bond acceptors (Lipinski definition) is 3. The van der Waals surface area contributed by atoms with Crippen molar-refractivity contribution in [1.82, 2.24) is 0 Å². The fourth-order valence-electron chi connectivity index (χ4n) is 1.74. The molecule has 1 unspecified atom stereocenters. The molecule has 0 fully saturated rings. The largest absolute Gasteiger partial charge is 0.486 e. The van der Waals surface area contributed by atoms with Gasteiger partial charge in [-0.3, -0.25) is 0 Å². The van der Waals surface area contributed by atoms with Crippen LogP contribution in [0, 0.1) is 0 Å². The van der Waals surface area contributed by atoms with E-state index >= 15 is 0 Å². The summed E-state index contributed by atoms with van der Waals surface area (Å²) < 4.78 is 11.7. The second kappa shape index (κ2) is 6.44. The van der Waals surface area contributed by atoms with Crippen LogP contribution in [-0.2, 0) is 0 Å². The van der Waals surface area contributed by atoms with Crippen LogP contribution in [0.15, 0.2) is 54.6 Å². The average Bonchev–Trinajstić information content (AvgIpc) is 2.50. The lowest BCUT2D eigenvalue weighted by molar-refractivity contribution is 0.0935. The van der Waals surface area contributed by atoms with Crippen molar-refractivity contribution in [2.24, 2.45) is 5.73 Å². The number of hydrogen-bond donors (Lipinski definition) is 1. The SMILES string of the molecule is CCC(C)(CN)Oc1ccc(Oc2ccccc2)cc1. The van der Waals surface area contributed by atoms with Gasteiger partial charge in [0, 0.05) is 6.54 Å². The Hall–Kier alpha value is -2.00. The molecule has 106 valence electrons. The fourth-order valence-corrected chi connectivity index (χ4v) is 1.74. The lowest BCUT2D eigenvalue weighted by atomic mass is 10.0. The minimum atomic E-state index is -0.318. The number of benzene rings is 2. The van der Waals surface area contributed by atoms with E-state index in [1.54, 1.807) is 0 Å². The van der Waals surface area contributed by atoms with Gasteiger partial charge in [0.15, 0.2) is 0 Å². The third-order valence-corrected chi connectivity index (χ3v) is 3.35. The maximum absolute atomic E-state index is 5.92. The maximum Gasteiger partial charge on any atom is 0.127 e. The molecule has 0 heterocycles. The van der Waals surface area contributed by atoms with E-state index in [4.69, 9.17) is 15.2 Å². The minimum absolute atomic E-state index is 0.318. The molecule has 2 aromatic carbocycles. The quantitative estimate of drug-likeness (QED) is 0.864. The first-order valence-corrected chi connectivity index (χ1v) is 6.87. The van der Waals surface area contributed by atoms with Gasteiger partial charge in [0.2, 0.25) is 0 Å². The molecule has 0 spiro atoms. The highest BCUT2D eigenvalue weighted by Crippen LogP contribution is 2.26. The Kier molecular flexibility index (Phi) is 4.64. The van der Waals surface area contributed by atoms with E-state index in [2.05, 4.69) is 6.92 Å². The molecule has 20 heavy (non-hydrogen) atoms. The van der Waals surface area contributed by atoms with Gasteiger partial charge in [-0.05, 0) is 49.7 Å². The smallest absolute Gasteiger partial charge is 0.127 e. The lowest BCUT2D eigenvalue weighted by Crippen LogP contribution is -2.39. The van der Waals surface area contributed by atoms with E-state index in [1.165, 1.54) is 0 Å². The summed E-state index contributed by atoms with van der Waals surface area (Å²) in [5, 5.41) is 0. The van der Waals surface area contributed by atoms with Crippen LogP contribution < -0.4 is 15.2 Å². The van der Waals surface area contributed by atoms with Crippen molar-refractivity contribution in [2.45, 2.75) is 25.9 Å². The van der Waals surface area contributed by atoms with Crippen molar-refractivity contribution in [2.75, 3.05) is 6.54 Å². The fraction of sp³-hybridized carbons (Fsp3) is 0.294. The van der Waals surface area contributed by atoms with Crippen LogP contribution in [0.4, 0.5) is 0 Å². The predicted octanol–water partition coefficient (Wildman–Crippen LogP) is 3.99. The molecule has 0 radical (unpaired) electrons. The normalized spacial score (nSPS) is 13.6. The molecule has 0 aliphatic heterocycles. The molecule has 0 saturated carbocycles. The summed E-state index contributed by atoms with van der Waals surface area (Å²) in [7, 11) is 0. The Morgan fingerprint density at radius 3 is 2.00 bits per heavy atom. The zero-order valence-corrected chi connectivity index (χ0v) is 12.0. The van der Waals surface area contributed by atoms with Gasteiger partial charge in [-0.25, -0.2) is 0 Å². The van der Waals surface area contributed by atoms with E-state index in [0.717, 1.165) is 23.7 Å². The van der Waals surface area contributed by atoms with Crippen LogP contribution in [0.1, 0.15) is 20.3 Å². The third-order valence-electron chi connectivity index (χ3n) is 3.35. The summed E-state index contributed by atoms with van der Waals surface area (Å²) in [5.41, 5.74) is 5.43. The first-order chi connectivity index (χ1) is 9.65. The van der Waals surface area contributed by atoms with Crippen LogP contribution in [0.25, 0.3) is 0 Å². The third kappa shape index (κ3) is 3.75. The lowest BCUT2D eigenvalue weighted by Gasteiger charge is -2.28. The summed E-state index contributed by atoms with van der Waals surface area (Å²) in [6, 6.07) is 17.3. The molecule has 0 amide bonds. The van der Waals surface area contributed by atoms with Crippen LogP contribution in [0.2, 0.25) is 0 Å². The Bertz CT molecular complexity index is 518. The van der Waals surface area contributed by atoms with E-state index in [0.29, 0.717) is 6.54 Å². The molecule has 0 aliphatic rings. The Balaban J connectivity index is 2.03. The molecule has 2 aromatic rings. The van der Waals surface area contributed by atoms with Gasteiger partial charge in [-0.1, -0.05) is 25.1 Å². The van der Waals surface area contributed by atoms with E-state index in [9.17, 15) is 0 Å². The molecule has 3 heteroatoms. The van der Waals surface area contributed by atoms with Crippen LogP contribution in [-0.4, -0.2) is 12.1 Å². The molecule has 0 bridgehead atoms. The second-order valence-corrected chi connectivity index (χ2v) is 5.00. The monoisotopic (exact) mass is 271 g/mol. The molecule has 3 nitrogen and oxygen atoms in total. The van der Waals surface area contributed by atoms with Crippen LogP contribution >= 0.6 is 0 Å². The van der Waals surface area contributed by atoms with Crippen molar-refractivity contribution in [3.63, 3.8) is 0 Å². The summed E-state index contributed by atoms with van der Waals surface area (Å²) in [5.74, 6) is 2.41. The summed E-state index contributed by atoms with van der Waals surface area (Å²) >= 11 is 0. The highest BCUT2D eigenvalue weighted by atomic mass is 16.5. The molecular weight excluding hydrogens is 250 g/mol. The standard InChI is InChI=1S/C17H21NO2/c1-3-17(2,13-18)20-16-11-9-15(10-12-16)19-14-7-5-4-6-8-14/h4-12H,3,13,18H2,1-2H3. The van der Waals surface area contributed by atoms with E-state index in [1.807, 2.05) is 61.5 Å². The van der Waals surface area contributed by atoms with Crippen molar-refractivity contribution in [1.29, 1.82) is 0 Å². The van der Waals surface area contributed by atoms with Gasteiger partial charge in [-0.15, -0.1) is 0 Å². The van der Waals surface area contributed by atoms with Gasteiger partial charge in [0.1, 0.15) is 22.8 Å². The predicted molar refractivity (Wildman–Crippen MR) is 81.3 cm³/mol. The Morgan fingerprint density at radius 2 is 1.45 bits per heavy atom. The Labute approximate surface area is 120 Å². The number of para-hydroxylation sites is 1. The van der Waals surface area contributed by atoms with Crippen molar-refractivity contribution in [3.05, 3.63) is 54.6 Å². The number of ether oxygens (including phenoxy) is 2.